The van der Waals surface area contributed by atoms with E-state index in [0.717, 1.165) is 0 Å². The summed E-state index contributed by atoms with van der Waals surface area (Å²) in [4.78, 5) is 23.4. The molecule has 1 amide bonds. The molecular formula is C14H15ClN2O3. The quantitative estimate of drug-likeness (QED) is 0.839. The zero-order valence-corrected chi connectivity index (χ0v) is 12.2. The number of anilines is 1. The second-order valence-corrected chi connectivity index (χ2v) is 5.86. The molecule has 0 aliphatic heterocycles. The Balaban J connectivity index is 3.10. The fourth-order valence-electron chi connectivity index (χ4n) is 1.80. The molecule has 1 aromatic rings. The van der Waals surface area contributed by atoms with Crippen LogP contribution in [0.1, 0.15) is 26.3 Å². The number of carboxylic acids is 1. The number of halogens is 1. The van der Waals surface area contributed by atoms with E-state index in [9.17, 15) is 14.7 Å². The molecule has 6 heteroatoms. The maximum atomic E-state index is 12.1. The first kappa shape index (κ1) is 16.0. The number of nitriles is 1. The molecule has 0 fully saturated rings. The van der Waals surface area contributed by atoms with Gasteiger partial charge in [0, 0.05) is 5.02 Å². The summed E-state index contributed by atoms with van der Waals surface area (Å²) in [5.41, 5.74) is -0.317. The van der Waals surface area contributed by atoms with Gasteiger partial charge in [0.1, 0.15) is 12.0 Å². The number of carbonyl (C=O) groups is 2. The smallest absolute Gasteiger partial charge is 0.316 e. The Labute approximate surface area is 122 Å². The molecule has 1 unspecified atom stereocenters. The molecule has 0 aliphatic carbocycles. The van der Waals surface area contributed by atoms with Crippen LogP contribution in [0.2, 0.25) is 5.02 Å². The van der Waals surface area contributed by atoms with E-state index in [0.29, 0.717) is 5.02 Å². The van der Waals surface area contributed by atoms with E-state index < -0.39 is 23.2 Å². The molecule has 0 aromatic heterocycles. The van der Waals surface area contributed by atoms with Crippen molar-refractivity contribution in [2.24, 2.45) is 11.3 Å². The number of nitrogens with zero attached hydrogens (tertiary/aromatic N) is 1. The van der Waals surface area contributed by atoms with Gasteiger partial charge in [-0.1, -0.05) is 32.4 Å². The Kier molecular flexibility index (Phi) is 4.74. The minimum absolute atomic E-state index is 0.209. The molecule has 20 heavy (non-hydrogen) atoms. The normalized spacial score (nSPS) is 12.3. The average Bonchev–Trinajstić information content (AvgIpc) is 2.26. The zero-order valence-electron chi connectivity index (χ0n) is 11.4. The number of benzene rings is 1. The Morgan fingerprint density at radius 3 is 2.45 bits per heavy atom. The van der Waals surface area contributed by atoms with Crippen LogP contribution >= 0.6 is 11.6 Å². The highest BCUT2D eigenvalue weighted by atomic mass is 35.5. The van der Waals surface area contributed by atoms with Gasteiger partial charge in [-0.25, -0.2) is 0 Å². The Morgan fingerprint density at radius 2 is 2.00 bits per heavy atom. The third kappa shape index (κ3) is 3.72. The van der Waals surface area contributed by atoms with Crippen molar-refractivity contribution in [2.45, 2.75) is 20.8 Å². The number of carbonyl (C=O) groups excluding carboxylic acids is 1. The lowest BCUT2D eigenvalue weighted by atomic mass is 9.80. The van der Waals surface area contributed by atoms with Crippen molar-refractivity contribution in [1.29, 1.82) is 5.26 Å². The molecule has 0 saturated carbocycles. The van der Waals surface area contributed by atoms with Crippen LogP contribution in [0.5, 0.6) is 0 Å². The molecule has 0 spiro atoms. The number of amides is 1. The van der Waals surface area contributed by atoms with Gasteiger partial charge in [-0.15, -0.1) is 0 Å². The van der Waals surface area contributed by atoms with Crippen LogP contribution < -0.4 is 5.32 Å². The van der Waals surface area contributed by atoms with Crippen molar-refractivity contribution in [3.63, 3.8) is 0 Å². The summed E-state index contributed by atoms with van der Waals surface area (Å²) in [5, 5.41) is 21.0. The number of nitrogens with one attached hydrogen (secondary N) is 1. The molecule has 0 bridgehead atoms. The van der Waals surface area contributed by atoms with Gasteiger partial charge in [0.25, 0.3) is 0 Å². The number of carboxylic acid groups (broad SMARTS) is 1. The third-order valence-electron chi connectivity index (χ3n) is 2.74. The van der Waals surface area contributed by atoms with E-state index in [4.69, 9.17) is 16.9 Å². The second-order valence-electron chi connectivity index (χ2n) is 5.43. The summed E-state index contributed by atoms with van der Waals surface area (Å²) in [7, 11) is 0. The predicted molar refractivity (Wildman–Crippen MR) is 75.4 cm³/mol. The van der Waals surface area contributed by atoms with Crippen molar-refractivity contribution < 1.29 is 14.7 Å². The summed E-state index contributed by atoms with van der Waals surface area (Å²) in [6.07, 6.45) is 0. The lowest BCUT2D eigenvalue weighted by Crippen LogP contribution is -2.39. The molecule has 2 N–H and O–H groups in total. The predicted octanol–water partition coefficient (Wildman–Crippen LogP) is 2.90. The molecule has 0 aliphatic rings. The van der Waals surface area contributed by atoms with Crippen LogP contribution in [0.25, 0.3) is 0 Å². The Hall–Kier alpha value is -2.06. The second kappa shape index (κ2) is 5.93. The van der Waals surface area contributed by atoms with E-state index in [1.54, 1.807) is 20.8 Å². The topological polar surface area (TPSA) is 90.2 Å². The summed E-state index contributed by atoms with van der Waals surface area (Å²) in [5.74, 6) is -3.12. The van der Waals surface area contributed by atoms with Crippen molar-refractivity contribution in [2.75, 3.05) is 5.32 Å². The highest BCUT2D eigenvalue weighted by Gasteiger charge is 2.37. The lowest BCUT2D eigenvalue weighted by Gasteiger charge is -2.26. The van der Waals surface area contributed by atoms with E-state index in [1.807, 2.05) is 6.07 Å². The van der Waals surface area contributed by atoms with E-state index >= 15 is 0 Å². The van der Waals surface area contributed by atoms with Gasteiger partial charge in [-0.2, -0.15) is 5.26 Å². The van der Waals surface area contributed by atoms with Gasteiger partial charge in [0.05, 0.1) is 11.3 Å². The van der Waals surface area contributed by atoms with E-state index in [1.165, 1.54) is 18.2 Å². The van der Waals surface area contributed by atoms with Crippen molar-refractivity contribution in [1.82, 2.24) is 0 Å². The van der Waals surface area contributed by atoms with Crippen LogP contribution in [0.15, 0.2) is 18.2 Å². The Morgan fingerprint density at radius 1 is 1.40 bits per heavy atom. The minimum atomic E-state index is -1.23. The first-order valence-electron chi connectivity index (χ1n) is 5.90. The minimum Gasteiger partial charge on any atom is -0.481 e. The monoisotopic (exact) mass is 294 g/mol. The Bertz CT molecular complexity index is 585. The first-order valence-corrected chi connectivity index (χ1v) is 6.28. The van der Waals surface area contributed by atoms with Gasteiger partial charge in [0.2, 0.25) is 5.91 Å². The third-order valence-corrected chi connectivity index (χ3v) is 2.97. The number of hydrogen-bond acceptors (Lipinski definition) is 3. The zero-order chi connectivity index (χ0) is 15.5. The van der Waals surface area contributed by atoms with Crippen molar-refractivity contribution in [3.8, 4) is 6.07 Å². The lowest BCUT2D eigenvalue weighted by molar-refractivity contribution is -0.149. The van der Waals surface area contributed by atoms with Crippen LogP contribution in [-0.2, 0) is 9.59 Å². The van der Waals surface area contributed by atoms with Gasteiger partial charge in [-0.3, -0.25) is 9.59 Å². The van der Waals surface area contributed by atoms with Crippen molar-refractivity contribution >= 4 is 29.2 Å². The average molecular weight is 295 g/mol. The summed E-state index contributed by atoms with van der Waals surface area (Å²) in [6, 6.07) is 6.32. The van der Waals surface area contributed by atoms with Gasteiger partial charge in [0.15, 0.2) is 0 Å². The molecule has 1 atom stereocenters. The maximum Gasteiger partial charge on any atom is 0.316 e. The van der Waals surface area contributed by atoms with Crippen LogP contribution in [-0.4, -0.2) is 17.0 Å². The fourth-order valence-corrected chi connectivity index (χ4v) is 1.97. The van der Waals surface area contributed by atoms with Crippen molar-refractivity contribution in [3.05, 3.63) is 28.8 Å². The summed E-state index contributed by atoms with van der Waals surface area (Å²) >= 11 is 5.81. The van der Waals surface area contributed by atoms with E-state index in [2.05, 4.69) is 5.32 Å². The number of hydrogen-bond donors (Lipinski definition) is 2. The highest BCUT2D eigenvalue weighted by molar-refractivity contribution is 6.31. The first-order chi connectivity index (χ1) is 9.16. The molecule has 1 rings (SSSR count). The molecular weight excluding hydrogens is 280 g/mol. The molecule has 106 valence electrons. The van der Waals surface area contributed by atoms with Crippen LogP contribution in [0.4, 0.5) is 5.69 Å². The maximum absolute atomic E-state index is 12.1. The standard InChI is InChI=1S/C14H15ClN2O3/c1-14(2,3)11(13(19)20)12(18)17-10-6-9(15)5-4-8(10)7-16/h4-6,11H,1-3H3,(H,17,18)(H,19,20). The fraction of sp³-hybridized carbons (Fsp3) is 0.357. The van der Waals surface area contributed by atoms with E-state index in [-0.39, 0.29) is 11.3 Å². The summed E-state index contributed by atoms with van der Waals surface area (Å²) in [6.45, 7) is 4.98. The van der Waals surface area contributed by atoms with Crippen LogP contribution in [0.3, 0.4) is 0 Å². The molecule has 1 aromatic carbocycles. The van der Waals surface area contributed by atoms with Gasteiger partial charge in [-0.05, 0) is 23.6 Å². The molecule has 5 nitrogen and oxygen atoms in total. The SMILES string of the molecule is CC(C)(C)C(C(=O)O)C(=O)Nc1cc(Cl)ccc1C#N. The molecule has 0 heterocycles. The summed E-state index contributed by atoms with van der Waals surface area (Å²) < 4.78 is 0. The number of aliphatic carboxylic acids is 1. The largest absolute Gasteiger partial charge is 0.481 e. The van der Waals surface area contributed by atoms with Gasteiger partial charge >= 0.3 is 5.97 Å². The molecule has 0 saturated heterocycles. The highest BCUT2D eigenvalue weighted by Crippen LogP contribution is 2.28. The molecule has 0 radical (unpaired) electrons. The number of rotatable bonds is 3. The van der Waals surface area contributed by atoms with Crippen LogP contribution in [0, 0.1) is 22.7 Å². The van der Waals surface area contributed by atoms with Gasteiger partial charge < -0.3 is 10.4 Å².